The zero-order valence-corrected chi connectivity index (χ0v) is 10.6. The third-order valence-corrected chi connectivity index (χ3v) is 2.83. The number of aromatic nitrogens is 2. The fourth-order valence-corrected chi connectivity index (χ4v) is 1.80. The lowest BCUT2D eigenvalue weighted by molar-refractivity contribution is -0.389. The Hall–Kier alpha value is -3.30. The first-order valence-electron chi connectivity index (χ1n) is 5.52. The number of rotatable bonds is 4. The predicted molar refractivity (Wildman–Crippen MR) is 68.6 cm³/mol. The van der Waals surface area contributed by atoms with E-state index >= 15 is 0 Å². The monoisotopic (exact) mass is 292 g/mol. The van der Waals surface area contributed by atoms with Crippen molar-refractivity contribution in [2.24, 2.45) is 0 Å². The molecule has 10 nitrogen and oxygen atoms in total. The molecule has 0 bridgehead atoms. The molecule has 21 heavy (non-hydrogen) atoms. The summed E-state index contributed by atoms with van der Waals surface area (Å²) in [5, 5.41) is 30.6. The summed E-state index contributed by atoms with van der Waals surface area (Å²) in [5.74, 6) is -1.79. The van der Waals surface area contributed by atoms with E-state index in [4.69, 9.17) is 5.11 Å². The second kappa shape index (κ2) is 5.00. The van der Waals surface area contributed by atoms with E-state index in [2.05, 4.69) is 4.98 Å². The van der Waals surface area contributed by atoms with Crippen molar-refractivity contribution in [3.63, 3.8) is 0 Å². The molecule has 0 atom stereocenters. The smallest absolute Gasteiger partial charge is 0.381 e. The van der Waals surface area contributed by atoms with E-state index in [9.17, 15) is 25.0 Å². The molecule has 1 N–H and O–H groups in total. The predicted octanol–water partition coefficient (Wildman–Crippen LogP) is 1.70. The minimum atomic E-state index is -1.34. The van der Waals surface area contributed by atoms with Gasteiger partial charge < -0.3 is 15.2 Å². The summed E-state index contributed by atoms with van der Waals surface area (Å²) in [5.41, 5.74) is -0.362. The summed E-state index contributed by atoms with van der Waals surface area (Å²) in [4.78, 5) is 34.7. The number of carboxylic acids is 1. The number of carboxylic acid groups (broad SMARTS) is 1. The van der Waals surface area contributed by atoms with Crippen LogP contribution in [0, 0.1) is 27.2 Å². The Kier molecular flexibility index (Phi) is 3.36. The average Bonchev–Trinajstić information content (AvgIpc) is 2.87. The van der Waals surface area contributed by atoms with Crippen molar-refractivity contribution in [3.05, 3.63) is 56.0 Å². The van der Waals surface area contributed by atoms with Gasteiger partial charge in [-0.15, -0.1) is 0 Å². The first-order chi connectivity index (χ1) is 9.81. The summed E-state index contributed by atoms with van der Waals surface area (Å²) in [6.45, 7) is 1.42. The van der Waals surface area contributed by atoms with Gasteiger partial charge in [0.05, 0.1) is 21.7 Å². The molecule has 0 radical (unpaired) electrons. The summed E-state index contributed by atoms with van der Waals surface area (Å²) < 4.78 is 1.17. The molecular weight excluding hydrogens is 284 g/mol. The molecule has 1 aromatic carbocycles. The van der Waals surface area contributed by atoms with E-state index in [0.29, 0.717) is 0 Å². The van der Waals surface area contributed by atoms with Gasteiger partial charge in [-0.3, -0.25) is 14.7 Å². The molecule has 108 valence electrons. The highest BCUT2D eigenvalue weighted by atomic mass is 16.6. The van der Waals surface area contributed by atoms with Gasteiger partial charge >= 0.3 is 11.8 Å². The molecule has 0 fully saturated rings. The molecule has 1 aromatic heterocycles. The van der Waals surface area contributed by atoms with Crippen LogP contribution in [0.3, 0.4) is 0 Å². The molecule has 0 saturated carbocycles. The minimum absolute atomic E-state index is 0.141. The summed E-state index contributed by atoms with van der Waals surface area (Å²) in [6, 6.07) is 2.13. The lowest BCUT2D eigenvalue weighted by Crippen LogP contribution is -2.05. The van der Waals surface area contributed by atoms with Crippen molar-refractivity contribution in [3.8, 4) is 5.69 Å². The molecule has 0 aliphatic heterocycles. The molecule has 2 aromatic rings. The van der Waals surface area contributed by atoms with Crippen molar-refractivity contribution < 1.29 is 19.7 Å². The van der Waals surface area contributed by atoms with Crippen LogP contribution in [0.1, 0.15) is 15.9 Å². The van der Waals surface area contributed by atoms with Crippen molar-refractivity contribution in [2.45, 2.75) is 6.92 Å². The Morgan fingerprint density at radius 1 is 1.29 bits per heavy atom. The number of nitrogens with zero attached hydrogens (tertiary/aromatic N) is 4. The van der Waals surface area contributed by atoms with Crippen LogP contribution in [-0.2, 0) is 0 Å². The summed E-state index contributed by atoms with van der Waals surface area (Å²) in [6.07, 6.45) is 2.15. The molecule has 10 heteroatoms. The van der Waals surface area contributed by atoms with Crippen molar-refractivity contribution in [1.82, 2.24) is 9.55 Å². The molecule has 0 amide bonds. The van der Waals surface area contributed by atoms with E-state index in [1.165, 1.54) is 17.6 Å². The van der Waals surface area contributed by atoms with E-state index in [1.807, 2.05) is 0 Å². The van der Waals surface area contributed by atoms with E-state index in [0.717, 1.165) is 18.6 Å². The largest absolute Gasteiger partial charge is 0.478 e. The molecule has 0 spiro atoms. The molecule has 0 aliphatic carbocycles. The lowest BCUT2D eigenvalue weighted by Gasteiger charge is -2.07. The highest BCUT2D eigenvalue weighted by Gasteiger charge is 2.21. The summed E-state index contributed by atoms with van der Waals surface area (Å²) in [7, 11) is 0. The van der Waals surface area contributed by atoms with Gasteiger partial charge in [0, 0.05) is 6.07 Å². The Bertz CT molecular complexity index is 766. The van der Waals surface area contributed by atoms with Gasteiger partial charge in [0.1, 0.15) is 6.20 Å². The summed E-state index contributed by atoms with van der Waals surface area (Å²) >= 11 is 0. The Balaban J connectivity index is 2.68. The number of nitro groups is 2. The first-order valence-corrected chi connectivity index (χ1v) is 5.52. The number of carbonyl (C=O) groups is 1. The van der Waals surface area contributed by atoms with Crippen LogP contribution in [0.4, 0.5) is 11.5 Å². The van der Waals surface area contributed by atoms with Crippen LogP contribution >= 0.6 is 0 Å². The van der Waals surface area contributed by atoms with Crippen LogP contribution in [0.25, 0.3) is 5.69 Å². The third-order valence-electron chi connectivity index (χ3n) is 2.83. The zero-order chi connectivity index (χ0) is 15.7. The number of hydrogen-bond donors (Lipinski definition) is 1. The Morgan fingerprint density at radius 3 is 2.43 bits per heavy atom. The fraction of sp³-hybridized carbons (Fsp3) is 0.0909. The molecule has 1 heterocycles. The zero-order valence-electron chi connectivity index (χ0n) is 10.6. The quantitative estimate of drug-likeness (QED) is 0.667. The van der Waals surface area contributed by atoms with Gasteiger partial charge in [0.25, 0.3) is 5.69 Å². The SMILES string of the molecule is Cc1c(-n2cnc([N+](=O)[O-])c2)cc(C(=O)O)cc1[N+](=O)[O-]. The minimum Gasteiger partial charge on any atom is -0.478 e. The maximum Gasteiger partial charge on any atom is 0.381 e. The Labute approximate surface area is 116 Å². The maximum absolute atomic E-state index is 11.0. The van der Waals surface area contributed by atoms with Crippen LogP contribution in [0.15, 0.2) is 24.7 Å². The van der Waals surface area contributed by atoms with Gasteiger partial charge in [-0.2, -0.15) is 0 Å². The van der Waals surface area contributed by atoms with Gasteiger partial charge in [-0.05, 0) is 22.9 Å². The highest BCUT2D eigenvalue weighted by Crippen LogP contribution is 2.27. The number of benzene rings is 1. The fourth-order valence-electron chi connectivity index (χ4n) is 1.80. The van der Waals surface area contributed by atoms with E-state index in [1.54, 1.807) is 0 Å². The van der Waals surface area contributed by atoms with Gasteiger partial charge in [-0.25, -0.2) is 4.79 Å². The second-order valence-corrected chi connectivity index (χ2v) is 4.10. The topological polar surface area (TPSA) is 141 Å². The molecule has 2 rings (SSSR count). The highest BCUT2D eigenvalue weighted by molar-refractivity contribution is 5.89. The van der Waals surface area contributed by atoms with Crippen molar-refractivity contribution >= 4 is 17.5 Å². The van der Waals surface area contributed by atoms with Gasteiger partial charge in [0.2, 0.25) is 6.33 Å². The van der Waals surface area contributed by atoms with Crippen LogP contribution in [0.5, 0.6) is 0 Å². The van der Waals surface area contributed by atoms with E-state index in [-0.39, 0.29) is 22.5 Å². The average molecular weight is 292 g/mol. The number of hydrogen-bond acceptors (Lipinski definition) is 6. The third kappa shape index (κ3) is 2.54. The number of nitro benzene ring substituents is 1. The van der Waals surface area contributed by atoms with E-state index < -0.39 is 21.6 Å². The number of aromatic carboxylic acids is 1. The molecule has 0 unspecified atom stereocenters. The maximum atomic E-state index is 11.0. The standard InChI is InChI=1S/C11H8N4O6/c1-6-8(13-4-10(12-5-13)15(20)21)2-7(11(16)17)3-9(6)14(18)19/h2-5H,1H3,(H,16,17). The van der Waals surface area contributed by atoms with Crippen molar-refractivity contribution in [2.75, 3.05) is 0 Å². The normalized spacial score (nSPS) is 10.3. The Morgan fingerprint density at radius 2 is 1.95 bits per heavy atom. The number of imidazole rings is 1. The first kappa shape index (κ1) is 14.1. The molecular formula is C11H8N4O6. The van der Waals surface area contributed by atoms with Crippen LogP contribution in [-0.4, -0.2) is 30.5 Å². The molecule has 0 saturated heterocycles. The van der Waals surface area contributed by atoms with Gasteiger partial charge in [0.15, 0.2) is 0 Å². The van der Waals surface area contributed by atoms with Crippen LogP contribution < -0.4 is 0 Å². The molecule has 0 aliphatic rings. The van der Waals surface area contributed by atoms with Crippen molar-refractivity contribution in [1.29, 1.82) is 0 Å². The second-order valence-electron chi connectivity index (χ2n) is 4.10. The van der Waals surface area contributed by atoms with Crippen LogP contribution in [0.2, 0.25) is 0 Å². The lowest BCUT2D eigenvalue weighted by atomic mass is 10.1. The van der Waals surface area contributed by atoms with Gasteiger partial charge in [-0.1, -0.05) is 0 Å².